The van der Waals surface area contributed by atoms with Gasteiger partial charge in [-0.2, -0.15) is 0 Å². The zero-order valence-corrected chi connectivity index (χ0v) is 15.6. The number of aromatic amines is 1. The van der Waals surface area contributed by atoms with E-state index in [2.05, 4.69) is 4.74 Å². The molecule has 29 heavy (non-hydrogen) atoms. The number of Topliss-reactive ketones (excluding diaryl/α,β-unsaturated/α-hetero) is 2. The number of halogens is 1. The third-order valence-corrected chi connectivity index (χ3v) is 4.53. The molecule has 0 spiro atoms. The number of ketones is 2. The van der Waals surface area contributed by atoms with Gasteiger partial charge < -0.3 is 19.7 Å². The zero-order chi connectivity index (χ0) is 22.1. The molecule has 1 aromatic heterocycles. The minimum atomic E-state index is -2.92. The number of aliphatic hydroxyl groups excluding tert-OH is 1. The highest BCUT2D eigenvalue weighted by Gasteiger charge is 2.63. The third-order valence-electron chi connectivity index (χ3n) is 4.53. The first kappa shape index (κ1) is 22.3. The van der Waals surface area contributed by atoms with E-state index in [1.807, 2.05) is 4.98 Å². The predicted octanol–water partition coefficient (Wildman–Crippen LogP) is -1.77. The number of hydrogen-bond acceptors (Lipinski definition) is 9. The maximum atomic E-state index is 15.1. The molecule has 1 aliphatic heterocycles. The minimum Gasteiger partial charge on any atom is -0.466 e. The number of aliphatic hydroxyl groups is 2. The van der Waals surface area contributed by atoms with Crippen LogP contribution in [0.25, 0.3) is 6.08 Å². The van der Waals surface area contributed by atoms with Gasteiger partial charge in [0.1, 0.15) is 12.2 Å². The van der Waals surface area contributed by atoms with Crippen molar-refractivity contribution in [3.05, 3.63) is 38.7 Å². The standard InChI is InChI=1S/C17H19FN2O9/c1-7(21)11(24)13-17(27,8(2)22)12(18)15(29-13)20-6-9(4-5-10(23)28-3)14(25)19-16(20)26/h4-6,11-13,15,24,27H,1-3H3,(H,19,25,26)/b5-4+/t11?,12?,13-,15-,17+/m1/s1. The Balaban J connectivity index is 2.56. The molecule has 1 saturated heterocycles. The van der Waals surface area contributed by atoms with Crippen LogP contribution >= 0.6 is 0 Å². The molecular weight excluding hydrogens is 395 g/mol. The summed E-state index contributed by atoms with van der Waals surface area (Å²) >= 11 is 0. The lowest BCUT2D eigenvalue weighted by molar-refractivity contribution is -0.160. The molecule has 12 heteroatoms. The van der Waals surface area contributed by atoms with Crippen LogP contribution in [0.5, 0.6) is 0 Å². The van der Waals surface area contributed by atoms with Gasteiger partial charge in [-0.25, -0.2) is 14.0 Å². The predicted molar refractivity (Wildman–Crippen MR) is 93.5 cm³/mol. The van der Waals surface area contributed by atoms with E-state index in [9.17, 15) is 34.2 Å². The van der Waals surface area contributed by atoms with Gasteiger partial charge in [0.2, 0.25) is 0 Å². The molecule has 0 radical (unpaired) electrons. The van der Waals surface area contributed by atoms with Crippen LogP contribution in [0.15, 0.2) is 21.9 Å². The number of nitrogens with one attached hydrogen (secondary N) is 1. The van der Waals surface area contributed by atoms with Crippen molar-refractivity contribution in [1.82, 2.24) is 9.55 Å². The second-order valence-electron chi connectivity index (χ2n) is 6.39. The van der Waals surface area contributed by atoms with E-state index >= 15 is 4.39 Å². The summed E-state index contributed by atoms with van der Waals surface area (Å²) in [5.74, 6) is -2.85. The summed E-state index contributed by atoms with van der Waals surface area (Å²) in [4.78, 5) is 60.5. The fourth-order valence-corrected chi connectivity index (χ4v) is 2.86. The van der Waals surface area contributed by atoms with Crippen LogP contribution in [0, 0.1) is 0 Å². The highest BCUT2D eigenvalue weighted by Crippen LogP contribution is 2.41. The van der Waals surface area contributed by atoms with Gasteiger partial charge in [-0.3, -0.25) is 23.9 Å². The largest absolute Gasteiger partial charge is 0.466 e. The zero-order valence-electron chi connectivity index (χ0n) is 15.6. The van der Waals surface area contributed by atoms with Crippen molar-refractivity contribution < 1.29 is 38.5 Å². The maximum Gasteiger partial charge on any atom is 0.330 e. The number of aromatic nitrogens is 2. The van der Waals surface area contributed by atoms with E-state index in [1.165, 1.54) is 0 Å². The number of methoxy groups -OCH3 is 1. The number of esters is 1. The average Bonchev–Trinajstić information content (AvgIpc) is 2.92. The highest BCUT2D eigenvalue weighted by molar-refractivity contribution is 5.89. The minimum absolute atomic E-state index is 0.271. The Kier molecular flexibility index (Phi) is 6.30. The lowest BCUT2D eigenvalue weighted by Gasteiger charge is -2.28. The highest BCUT2D eigenvalue weighted by atomic mass is 19.1. The summed E-state index contributed by atoms with van der Waals surface area (Å²) in [5, 5.41) is 20.5. The number of alkyl halides is 1. The first-order valence-electron chi connectivity index (χ1n) is 8.28. The fourth-order valence-electron chi connectivity index (χ4n) is 2.86. The normalized spacial score (nSPS) is 27.7. The number of hydrogen-bond donors (Lipinski definition) is 3. The van der Waals surface area contributed by atoms with Crippen LogP contribution in [0.1, 0.15) is 25.6 Å². The lowest BCUT2D eigenvalue weighted by Crippen LogP contribution is -2.57. The number of H-pyrrole nitrogens is 1. The molecule has 1 aliphatic rings. The molecule has 2 rings (SSSR count). The fraction of sp³-hybridized carbons (Fsp3) is 0.471. The summed E-state index contributed by atoms with van der Waals surface area (Å²) in [6, 6.07) is 0. The van der Waals surface area contributed by atoms with Gasteiger partial charge >= 0.3 is 11.7 Å². The molecule has 0 aromatic carbocycles. The number of ether oxygens (including phenoxy) is 2. The Morgan fingerprint density at radius 2 is 2.00 bits per heavy atom. The summed E-state index contributed by atoms with van der Waals surface area (Å²) in [7, 11) is 1.10. The van der Waals surface area contributed by atoms with Crippen molar-refractivity contribution in [2.45, 2.75) is 44.1 Å². The Morgan fingerprint density at radius 1 is 1.38 bits per heavy atom. The molecule has 0 bridgehead atoms. The van der Waals surface area contributed by atoms with Crippen molar-refractivity contribution in [3.63, 3.8) is 0 Å². The monoisotopic (exact) mass is 414 g/mol. The van der Waals surface area contributed by atoms with E-state index < -0.39 is 59.0 Å². The van der Waals surface area contributed by atoms with Gasteiger partial charge in [0.15, 0.2) is 29.6 Å². The number of nitrogens with zero attached hydrogens (tertiary/aromatic N) is 1. The van der Waals surface area contributed by atoms with Gasteiger partial charge in [-0.15, -0.1) is 0 Å². The first-order valence-corrected chi connectivity index (χ1v) is 8.28. The Morgan fingerprint density at radius 3 is 2.52 bits per heavy atom. The van der Waals surface area contributed by atoms with E-state index in [0.717, 1.165) is 39.3 Å². The second-order valence-corrected chi connectivity index (χ2v) is 6.39. The summed E-state index contributed by atoms with van der Waals surface area (Å²) in [5.41, 5.74) is -5.26. The average molecular weight is 414 g/mol. The molecule has 1 fully saturated rings. The molecule has 158 valence electrons. The smallest absolute Gasteiger partial charge is 0.330 e. The van der Waals surface area contributed by atoms with Crippen LogP contribution in [0.2, 0.25) is 0 Å². The van der Waals surface area contributed by atoms with Crippen molar-refractivity contribution in [1.29, 1.82) is 0 Å². The molecule has 0 saturated carbocycles. The SMILES string of the molecule is COC(=O)/C=C/c1cn([C@@H]2O[C@H](C(O)C(C)=O)[C@](O)(C(C)=O)C2F)c(=O)[nH]c1=O. The van der Waals surface area contributed by atoms with Crippen LogP contribution < -0.4 is 11.2 Å². The summed E-state index contributed by atoms with van der Waals surface area (Å²) in [6.07, 6.45) is -5.88. The van der Waals surface area contributed by atoms with E-state index in [1.54, 1.807) is 0 Å². The number of carbonyl (C=O) groups excluding carboxylic acids is 3. The quantitative estimate of drug-likeness (QED) is 0.361. The molecule has 0 amide bonds. The Hall–Kier alpha value is -2.96. The molecule has 2 heterocycles. The first-order chi connectivity index (χ1) is 13.4. The van der Waals surface area contributed by atoms with Crippen LogP contribution in [0.4, 0.5) is 4.39 Å². The van der Waals surface area contributed by atoms with Crippen molar-refractivity contribution in [2.75, 3.05) is 7.11 Å². The molecule has 2 unspecified atom stereocenters. The van der Waals surface area contributed by atoms with E-state index in [4.69, 9.17) is 4.74 Å². The van der Waals surface area contributed by atoms with Crippen molar-refractivity contribution >= 4 is 23.6 Å². The van der Waals surface area contributed by atoms with Crippen molar-refractivity contribution in [2.24, 2.45) is 0 Å². The Labute approximate surface area is 162 Å². The summed E-state index contributed by atoms with van der Waals surface area (Å²) in [6.45, 7) is 1.77. The van der Waals surface area contributed by atoms with Gasteiger partial charge in [-0.1, -0.05) is 0 Å². The lowest BCUT2D eigenvalue weighted by atomic mass is 9.85. The van der Waals surface area contributed by atoms with Crippen LogP contribution in [0.3, 0.4) is 0 Å². The van der Waals surface area contributed by atoms with E-state index in [0.29, 0.717) is 4.57 Å². The maximum absolute atomic E-state index is 15.1. The van der Waals surface area contributed by atoms with Crippen LogP contribution in [-0.2, 0) is 23.9 Å². The van der Waals surface area contributed by atoms with E-state index in [-0.39, 0.29) is 5.56 Å². The summed E-state index contributed by atoms with van der Waals surface area (Å²) < 4.78 is 25.2. The van der Waals surface area contributed by atoms with Gasteiger partial charge in [-0.05, 0) is 19.9 Å². The third kappa shape index (κ3) is 3.95. The van der Waals surface area contributed by atoms with Gasteiger partial charge in [0.25, 0.3) is 5.56 Å². The molecule has 3 N–H and O–H groups in total. The van der Waals surface area contributed by atoms with Crippen molar-refractivity contribution in [3.8, 4) is 0 Å². The molecule has 5 atom stereocenters. The number of rotatable bonds is 6. The second kappa shape index (κ2) is 8.19. The number of carbonyl (C=O) groups is 3. The molecular formula is C17H19FN2O9. The molecule has 1 aromatic rings. The van der Waals surface area contributed by atoms with Gasteiger partial charge in [0.05, 0.1) is 12.7 Å². The molecule has 11 nitrogen and oxygen atoms in total. The Bertz CT molecular complexity index is 982. The van der Waals surface area contributed by atoms with Crippen LogP contribution in [-0.4, -0.2) is 68.4 Å². The topological polar surface area (TPSA) is 165 Å². The molecule has 0 aliphatic carbocycles. The van der Waals surface area contributed by atoms with Gasteiger partial charge in [0, 0.05) is 12.3 Å².